The van der Waals surface area contributed by atoms with Gasteiger partial charge in [-0.1, -0.05) is 11.6 Å². The molecular weight excluding hydrogens is 230 g/mol. The van der Waals surface area contributed by atoms with Crippen LogP contribution in [-0.4, -0.2) is 4.98 Å². The van der Waals surface area contributed by atoms with Crippen molar-refractivity contribution < 1.29 is 4.74 Å². The molecule has 76 valence electrons. The SMILES string of the molecule is Cc1cc(Cl)cc2c1-c1scnc1CO2. The Hall–Kier alpha value is -1.06. The predicted octanol–water partition coefficient (Wildman–Crippen LogP) is 3.66. The molecule has 1 aliphatic rings. The highest BCUT2D eigenvalue weighted by Crippen LogP contribution is 2.43. The Morgan fingerprint density at radius 2 is 2.33 bits per heavy atom. The second-order valence-corrected chi connectivity index (χ2v) is 4.80. The summed E-state index contributed by atoms with van der Waals surface area (Å²) in [5.74, 6) is 0.872. The van der Waals surface area contributed by atoms with E-state index in [9.17, 15) is 0 Å². The number of hydrogen-bond donors (Lipinski definition) is 0. The zero-order valence-corrected chi connectivity index (χ0v) is 9.65. The number of aromatic nitrogens is 1. The minimum atomic E-state index is 0.547. The number of hydrogen-bond acceptors (Lipinski definition) is 3. The molecule has 4 heteroatoms. The van der Waals surface area contributed by atoms with Crippen LogP contribution in [0.1, 0.15) is 11.3 Å². The van der Waals surface area contributed by atoms with Crippen molar-refractivity contribution in [2.24, 2.45) is 0 Å². The molecule has 1 aromatic carbocycles. The Morgan fingerprint density at radius 3 is 3.20 bits per heavy atom. The number of nitrogens with zero attached hydrogens (tertiary/aromatic N) is 1. The lowest BCUT2D eigenvalue weighted by atomic mass is 10.0. The first-order valence-electron chi connectivity index (χ1n) is 4.61. The summed E-state index contributed by atoms with van der Waals surface area (Å²) >= 11 is 7.64. The third kappa shape index (κ3) is 1.34. The molecule has 3 rings (SSSR count). The summed E-state index contributed by atoms with van der Waals surface area (Å²) in [5.41, 5.74) is 5.17. The van der Waals surface area contributed by atoms with Crippen LogP contribution in [0.25, 0.3) is 10.4 Å². The Labute approximate surface area is 96.5 Å². The quantitative estimate of drug-likeness (QED) is 0.698. The number of ether oxygens (including phenoxy) is 1. The number of fused-ring (bicyclic) bond motifs is 3. The van der Waals surface area contributed by atoms with Crippen molar-refractivity contribution in [3.8, 4) is 16.2 Å². The van der Waals surface area contributed by atoms with Crippen LogP contribution in [-0.2, 0) is 6.61 Å². The lowest BCUT2D eigenvalue weighted by Crippen LogP contribution is -2.05. The standard InChI is InChI=1S/C11H8ClNOS/c1-6-2-7(12)3-9-10(6)11-8(4-14-9)13-5-15-11/h2-3,5H,4H2,1H3. The van der Waals surface area contributed by atoms with Crippen LogP contribution in [0.4, 0.5) is 0 Å². The molecule has 0 unspecified atom stereocenters. The van der Waals surface area contributed by atoms with E-state index in [4.69, 9.17) is 16.3 Å². The summed E-state index contributed by atoms with van der Waals surface area (Å²) in [5, 5.41) is 0.721. The molecule has 1 aliphatic heterocycles. The first-order chi connectivity index (χ1) is 7.25. The number of rotatable bonds is 0. The van der Waals surface area contributed by atoms with Crippen LogP contribution in [0.2, 0.25) is 5.02 Å². The van der Waals surface area contributed by atoms with Gasteiger partial charge in [-0.2, -0.15) is 0 Å². The van der Waals surface area contributed by atoms with E-state index in [0.717, 1.165) is 27.6 Å². The minimum absolute atomic E-state index is 0.547. The Kier molecular flexibility index (Phi) is 1.97. The molecule has 0 saturated carbocycles. The number of thiazole rings is 1. The molecule has 0 radical (unpaired) electrons. The molecule has 0 amide bonds. The van der Waals surface area contributed by atoms with Crippen LogP contribution in [0.3, 0.4) is 0 Å². The Morgan fingerprint density at radius 1 is 1.47 bits per heavy atom. The van der Waals surface area contributed by atoms with Crippen LogP contribution < -0.4 is 4.74 Å². The van der Waals surface area contributed by atoms with Crippen LogP contribution in [0.5, 0.6) is 5.75 Å². The number of halogens is 1. The van der Waals surface area contributed by atoms with E-state index in [1.54, 1.807) is 11.3 Å². The van der Waals surface area contributed by atoms with Crippen molar-refractivity contribution in [2.45, 2.75) is 13.5 Å². The third-order valence-corrected chi connectivity index (χ3v) is 3.60. The first kappa shape index (κ1) is 9.19. The predicted molar refractivity (Wildman–Crippen MR) is 61.6 cm³/mol. The maximum atomic E-state index is 5.99. The lowest BCUT2D eigenvalue weighted by Gasteiger charge is -2.18. The fourth-order valence-corrected chi connectivity index (χ4v) is 3.01. The molecule has 2 heterocycles. The largest absolute Gasteiger partial charge is 0.486 e. The van der Waals surface area contributed by atoms with Gasteiger partial charge in [0.15, 0.2) is 0 Å². The monoisotopic (exact) mass is 237 g/mol. The van der Waals surface area contributed by atoms with E-state index in [2.05, 4.69) is 4.98 Å². The molecular formula is C11H8ClNOS. The van der Waals surface area contributed by atoms with Gasteiger partial charge in [-0.3, -0.25) is 0 Å². The van der Waals surface area contributed by atoms with Gasteiger partial charge in [0.1, 0.15) is 12.4 Å². The van der Waals surface area contributed by atoms with Gasteiger partial charge in [0, 0.05) is 10.6 Å². The van der Waals surface area contributed by atoms with Crippen molar-refractivity contribution in [1.82, 2.24) is 4.98 Å². The van der Waals surface area contributed by atoms with E-state index >= 15 is 0 Å². The fourth-order valence-electron chi connectivity index (χ4n) is 1.84. The maximum absolute atomic E-state index is 5.99. The topological polar surface area (TPSA) is 22.1 Å². The molecule has 2 aromatic rings. The molecule has 0 aliphatic carbocycles. The lowest BCUT2D eigenvalue weighted by molar-refractivity contribution is 0.298. The van der Waals surface area contributed by atoms with Gasteiger partial charge in [-0.25, -0.2) is 4.98 Å². The summed E-state index contributed by atoms with van der Waals surface area (Å²) in [6.07, 6.45) is 0. The average molecular weight is 238 g/mol. The molecule has 0 bridgehead atoms. The molecule has 0 saturated heterocycles. The van der Waals surface area contributed by atoms with Crippen molar-refractivity contribution in [2.75, 3.05) is 0 Å². The molecule has 0 fully saturated rings. The smallest absolute Gasteiger partial charge is 0.132 e. The normalized spacial score (nSPS) is 12.9. The van der Waals surface area contributed by atoms with E-state index in [1.807, 2.05) is 24.6 Å². The molecule has 15 heavy (non-hydrogen) atoms. The highest BCUT2D eigenvalue weighted by Gasteiger charge is 2.21. The van der Waals surface area contributed by atoms with Crippen molar-refractivity contribution in [3.05, 3.63) is 33.9 Å². The second-order valence-electron chi connectivity index (χ2n) is 3.51. The number of benzene rings is 1. The maximum Gasteiger partial charge on any atom is 0.132 e. The van der Waals surface area contributed by atoms with Gasteiger partial charge in [-0.05, 0) is 24.6 Å². The van der Waals surface area contributed by atoms with Gasteiger partial charge in [0.05, 0.1) is 16.1 Å². The first-order valence-corrected chi connectivity index (χ1v) is 5.87. The van der Waals surface area contributed by atoms with Gasteiger partial charge in [0.2, 0.25) is 0 Å². The Bertz CT molecular complexity index is 535. The summed E-state index contributed by atoms with van der Waals surface area (Å²) in [6, 6.07) is 3.82. The van der Waals surface area contributed by atoms with E-state index in [-0.39, 0.29) is 0 Å². The van der Waals surface area contributed by atoms with E-state index in [1.165, 1.54) is 4.88 Å². The summed E-state index contributed by atoms with van der Waals surface area (Å²) in [7, 11) is 0. The van der Waals surface area contributed by atoms with Gasteiger partial charge >= 0.3 is 0 Å². The molecule has 1 aromatic heterocycles. The molecule has 2 nitrogen and oxygen atoms in total. The minimum Gasteiger partial charge on any atom is -0.486 e. The highest BCUT2D eigenvalue weighted by molar-refractivity contribution is 7.13. The molecule has 0 atom stereocenters. The molecule has 0 N–H and O–H groups in total. The van der Waals surface area contributed by atoms with Crippen molar-refractivity contribution in [1.29, 1.82) is 0 Å². The zero-order valence-electron chi connectivity index (χ0n) is 8.08. The third-order valence-electron chi connectivity index (χ3n) is 2.50. The zero-order chi connectivity index (χ0) is 10.4. The average Bonchev–Trinajstić information content (AvgIpc) is 2.63. The summed E-state index contributed by atoms with van der Waals surface area (Å²) in [4.78, 5) is 5.49. The Balaban J connectivity index is 2.32. The van der Waals surface area contributed by atoms with Gasteiger partial charge < -0.3 is 4.74 Å². The fraction of sp³-hybridized carbons (Fsp3) is 0.182. The van der Waals surface area contributed by atoms with Crippen molar-refractivity contribution >= 4 is 22.9 Å². The van der Waals surface area contributed by atoms with Crippen LogP contribution in [0, 0.1) is 6.92 Å². The van der Waals surface area contributed by atoms with E-state index < -0.39 is 0 Å². The number of aryl methyl sites for hydroxylation is 1. The highest BCUT2D eigenvalue weighted by atomic mass is 35.5. The van der Waals surface area contributed by atoms with Gasteiger partial charge in [0.25, 0.3) is 0 Å². The van der Waals surface area contributed by atoms with Crippen molar-refractivity contribution in [3.63, 3.8) is 0 Å². The molecule has 0 spiro atoms. The summed E-state index contributed by atoms with van der Waals surface area (Å²) in [6.45, 7) is 2.59. The summed E-state index contributed by atoms with van der Waals surface area (Å²) < 4.78 is 5.63. The van der Waals surface area contributed by atoms with Gasteiger partial charge in [-0.15, -0.1) is 11.3 Å². The second kappa shape index (κ2) is 3.22. The van der Waals surface area contributed by atoms with Crippen LogP contribution >= 0.6 is 22.9 Å². The van der Waals surface area contributed by atoms with Crippen LogP contribution in [0.15, 0.2) is 17.6 Å². The van der Waals surface area contributed by atoms with E-state index in [0.29, 0.717) is 6.61 Å².